The predicted octanol–water partition coefficient (Wildman–Crippen LogP) is 3.64. The maximum atomic E-state index is 12.1. The predicted molar refractivity (Wildman–Crippen MR) is 101 cm³/mol. The third-order valence-electron chi connectivity index (χ3n) is 3.31. The molecule has 0 saturated heterocycles. The number of carbonyl (C=O) groups is 1. The normalized spacial score (nSPS) is 10.0. The van der Waals surface area contributed by atoms with E-state index in [1.165, 1.54) is 0 Å². The van der Waals surface area contributed by atoms with E-state index in [-0.39, 0.29) is 6.03 Å². The number of carbonyl (C=O) groups excluding carboxylic acids is 1. The summed E-state index contributed by atoms with van der Waals surface area (Å²) >= 11 is 2.19. The van der Waals surface area contributed by atoms with Gasteiger partial charge in [-0.1, -0.05) is 6.07 Å². The van der Waals surface area contributed by atoms with Gasteiger partial charge >= 0.3 is 6.03 Å². The zero-order valence-corrected chi connectivity index (χ0v) is 15.8. The topological polar surface area (TPSA) is 68.8 Å². The zero-order valence-electron chi connectivity index (χ0n) is 13.7. The van der Waals surface area contributed by atoms with E-state index in [0.717, 1.165) is 14.8 Å². The van der Waals surface area contributed by atoms with Crippen molar-refractivity contribution < 1.29 is 19.0 Å². The van der Waals surface area contributed by atoms with Crippen LogP contribution in [0.15, 0.2) is 36.4 Å². The minimum atomic E-state index is -0.297. The highest BCUT2D eigenvalue weighted by molar-refractivity contribution is 14.1. The molecule has 0 aromatic heterocycles. The fourth-order valence-corrected chi connectivity index (χ4v) is 2.76. The highest BCUT2D eigenvalue weighted by atomic mass is 127. The molecule has 0 heterocycles. The van der Waals surface area contributed by atoms with Gasteiger partial charge in [-0.3, -0.25) is 0 Å². The standard InChI is InChI=1S/C17H19IN2O4/c1-22-14-8-7-11(15(23-2)16(14)24-3)10-19-17(21)20-13-6-4-5-12(18)9-13/h4-9H,10H2,1-3H3,(H2,19,20,21). The smallest absolute Gasteiger partial charge is 0.319 e. The summed E-state index contributed by atoms with van der Waals surface area (Å²) in [7, 11) is 4.65. The molecule has 0 saturated carbocycles. The van der Waals surface area contributed by atoms with Crippen LogP contribution in [0.1, 0.15) is 5.56 Å². The number of hydrogen-bond acceptors (Lipinski definition) is 4. The molecule has 0 fully saturated rings. The third kappa shape index (κ3) is 4.44. The molecule has 0 aliphatic carbocycles. The van der Waals surface area contributed by atoms with Gasteiger partial charge in [0.15, 0.2) is 11.5 Å². The van der Waals surface area contributed by atoms with Crippen molar-refractivity contribution in [2.45, 2.75) is 6.54 Å². The van der Waals surface area contributed by atoms with E-state index in [0.29, 0.717) is 23.8 Å². The number of anilines is 1. The summed E-state index contributed by atoms with van der Waals surface area (Å²) in [4.78, 5) is 12.1. The van der Waals surface area contributed by atoms with Crippen LogP contribution in [0.2, 0.25) is 0 Å². The first-order valence-electron chi connectivity index (χ1n) is 7.17. The van der Waals surface area contributed by atoms with E-state index in [4.69, 9.17) is 14.2 Å². The highest BCUT2D eigenvalue weighted by Crippen LogP contribution is 2.39. The molecule has 0 unspecified atom stereocenters. The van der Waals surface area contributed by atoms with E-state index in [1.807, 2.05) is 30.3 Å². The Labute approximate surface area is 154 Å². The SMILES string of the molecule is COc1ccc(CNC(=O)Nc2cccc(I)c2)c(OC)c1OC. The Hall–Kier alpha value is -2.16. The van der Waals surface area contributed by atoms with Gasteiger partial charge in [-0.15, -0.1) is 0 Å². The number of nitrogens with one attached hydrogen (secondary N) is 2. The first-order chi connectivity index (χ1) is 11.6. The second kappa shape index (κ2) is 8.62. The van der Waals surface area contributed by atoms with Crippen molar-refractivity contribution in [3.05, 3.63) is 45.5 Å². The van der Waals surface area contributed by atoms with Gasteiger partial charge in [0.1, 0.15) is 0 Å². The minimum Gasteiger partial charge on any atom is -0.493 e. The molecule has 2 aromatic carbocycles. The minimum absolute atomic E-state index is 0.291. The first kappa shape index (κ1) is 18.2. The van der Waals surface area contributed by atoms with Crippen molar-refractivity contribution >= 4 is 34.3 Å². The van der Waals surface area contributed by atoms with Gasteiger partial charge in [-0.05, 0) is 52.9 Å². The average Bonchev–Trinajstić information content (AvgIpc) is 2.58. The summed E-state index contributed by atoms with van der Waals surface area (Å²) in [6.45, 7) is 0.291. The molecule has 0 aliphatic heterocycles. The molecule has 7 heteroatoms. The number of methoxy groups -OCH3 is 3. The van der Waals surface area contributed by atoms with E-state index in [9.17, 15) is 4.79 Å². The lowest BCUT2D eigenvalue weighted by Gasteiger charge is -2.16. The van der Waals surface area contributed by atoms with Crippen molar-refractivity contribution in [3.8, 4) is 17.2 Å². The van der Waals surface area contributed by atoms with Crippen LogP contribution in [0.3, 0.4) is 0 Å². The van der Waals surface area contributed by atoms with Crippen molar-refractivity contribution in [1.82, 2.24) is 5.32 Å². The lowest BCUT2D eigenvalue weighted by Crippen LogP contribution is -2.28. The highest BCUT2D eigenvalue weighted by Gasteiger charge is 2.16. The second-order valence-electron chi connectivity index (χ2n) is 4.81. The van der Waals surface area contributed by atoms with Crippen molar-refractivity contribution in [3.63, 3.8) is 0 Å². The Balaban J connectivity index is 2.07. The molecular weight excluding hydrogens is 423 g/mol. The summed E-state index contributed by atoms with van der Waals surface area (Å²) in [5.74, 6) is 1.60. The molecule has 0 spiro atoms. The quantitative estimate of drug-likeness (QED) is 0.671. The molecule has 0 atom stereocenters. The van der Waals surface area contributed by atoms with E-state index in [1.54, 1.807) is 27.4 Å². The van der Waals surface area contributed by atoms with Crippen LogP contribution in [0.25, 0.3) is 0 Å². The number of benzene rings is 2. The summed E-state index contributed by atoms with van der Waals surface area (Å²) in [6, 6.07) is 10.9. The van der Waals surface area contributed by atoms with Gasteiger partial charge in [-0.2, -0.15) is 0 Å². The zero-order chi connectivity index (χ0) is 17.5. The lowest BCUT2D eigenvalue weighted by molar-refractivity contribution is 0.251. The Bertz CT molecular complexity index is 722. The first-order valence-corrected chi connectivity index (χ1v) is 8.25. The van der Waals surface area contributed by atoms with Crippen molar-refractivity contribution in [2.75, 3.05) is 26.6 Å². The monoisotopic (exact) mass is 442 g/mol. The molecule has 2 aromatic rings. The maximum absolute atomic E-state index is 12.1. The molecule has 6 nitrogen and oxygen atoms in total. The van der Waals surface area contributed by atoms with E-state index in [2.05, 4.69) is 33.2 Å². The maximum Gasteiger partial charge on any atom is 0.319 e. The fourth-order valence-electron chi connectivity index (χ4n) is 2.22. The number of halogens is 1. The van der Waals surface area contributed by atoms with Crippen LogP contribution in [-0.4, -0.2) is 27.4 Å². The van der Waals surface area contributed by atoms with Gasteiger partial charge < -0.3 is 24.8 Å². The Morgan fingerprint density at radius 2 is 1.79 bits per heavy atom. The molecule has 0 aliphatic rings. The van der Waals surface area contributed by atoms with Crippen molar-refractivity contribution in [2.24, 2.45) is 0 Å². The van der Waals surface area contributed by atoms with Gasteiger partial charge in [0, 0.05) is 21.4 Å². The molecule has 2 N–H and O–H groups in total. The molecule has 2 amide bonds. The number of hydrogen-bond donors (Lipinski definition) is 2. The average molecular weight is 442 g/mol. The molecule has 0 bridgehead atoms. The van der Waals surface area contributed by atoms with Crippen LogP contribution in [-0.2, 0) is 6.54 Å². The number of amides is 2. The van der Waals surface area contributed by atoms with Crippen LogP contribution >= 0.6 is 22.6 Å². The summed E-state index contributed by atoms with van der Waals surface area (Å²) in [5, 5.41) is 5.59. The van der Waals surface area contributed by atoms with Gasteiger partial charge in [0.25, 0.3) is 0 Å². The number of urea groups is 1. The second-order valence-corrected chi connectivity index (χ2v) is 6.06. The van der Waals surface area contributed by atoms with E-state index < -0.39 is 0 Å². The van der Waals surface area contributed by atoms with Gasteiger partial charge in [0.2, 0.25) is 5.75 Å². The Morgan fingerprint density at radius 1 is 1.04 bits per heavy atom. The summed E-state index contributed by atoms with van der Waals surface area (Å²) < 4.78 is 17.0. The van der Waals surface area contributed by atoms with Crippen LogP contribution in [0, 0.1) is 3.57 Å². The Morgan fingerprint density at radius 3 is 2.42 bits per heavy atom. The lowest BCUT2D eigenvalue weighted by atomic mass is 10.1. The summed E-state index contributed by atoms with van der Waals surface area (Å²) in [6.07, 6.45) is 0. The van der Waals surface area contributed by atoms with Crippen LogP contribution in [0.5, 0.6) is 17.2 Å². The molecule has 2 rings (SSSR count). The number of ether oxygens (including phenoxy) is 3. The van der Waals surface area contributed by atoms with Crippen LogP contribution in [0.4, 0.5) is 10.5 Å². The molecule has 0 radical (unpaired) electrons. The number of rotatable bonds is 6. The van der Waals surface area contributed by atoms with Gasteiger partial charge in [0.05, 0.1) is 21.3 Å². The van der Waals surface area contributed by atoms with Crippen LogP contribution < -0.4 is 24.8 Å². The fraction of sp³-hybridized carbons (Fsp3) is 0.235. The van der Waals surface area contributed by atoms with E-state index >= 15 is 0 Å². The summed E-state index contributed by atoms with van der Waals surface area (Å²) in [5.41, 5.74) is 1.52. The largest absolute Gasteiger partial charge is 0.493 e. The molecule has 24 heavy (non-hydrogen) atoms. The van der Waals surface area contributed by atoms with Gasteiger partial charge in [-0.25, -0.2) is 4.79 Å². The molecule has 128 valence electrons. The third-order valence-corrected chi connectivity index (χ3v) is 3.98. The Kier molecular flexibility index (Phi) is 6.53. The molecular formula is C17H19IN2O4. The van der Waals surface area contributed by atoms with Crippen molar-refractivity contribution in [1.29, 1.82) is 0 Å².